The van der Waals surface area contributed by atoms with E-state index < -0.39 is 0 Å². The van der Waals surface area contributed by atoms with Crippen LogP contribution in [0.4, 0.5) is 0 Å². The highest BCUT2D eigenvalue weighted by Gasteiger charge is 2.43. The van der Waals surface area contributed by atoms with Gasteiger partial charge < -0.3 is 5.11 Å². The summed E-state index contributed by atoms with van der Waals surface area (Å²) in [5, 5.41) is 10.4. The van der Waals surface area contributed by atoms with Gasteiger partial charge in [-0.3, -0.25) is 0 Å². The van der Waals surface area contributed by atoms with E-state index >= 15 is 0 Å². The summed E-state index contributed by atoms with van der Waals surface area (Å²) in [4.78, 5) is 0. The molecule has 1 saturated carbocycles. The molecule has 18 heavy (non-hydrogen) atoms. The third kappa shape index (κ3) is 2.36. The Bertz CT molecular complexity index is 521. The molecule has 2 aromatic rings. The zero-order valence-corrected chi connectivity index (χ0v) is 11.5. The topological polar surface area (TPSA) is 20.2 Å². The number of aliphatic hydroxyl groups is 1. The molecule has 0 spiro atoms. The summed E-state index contributed by atoms with van der Waals surface area (Å²) < 4.78 is 1.05. The Morgan fingerprint density at radius 3 is 2.33 bits per heavy atom. The molecule has 2 aromatic carbocycles. The van der Waals surface area contributed by atoms with Gasteiger partial charge in [-0.1, -0.05) is 58.4 Å². The lowest BCUT2D eigenvalue weighted by molar-refractivity contribution is 0.151. The second-order valence-corrected chi connectivity index (χ2v) is 5.83. The maximum atomic E-state index is 10.4. The van der Waals surface area contributed by atoms with Gasteiger partial charge in [-0.15, -0.1) is 0 Å². The molecular formula is C16H15BrO. The van der Waals surface area contributed by atoms with Crippen LogP contribution in [0.3, 0.4) is 0 Å². The second-order valence-electron chi connectivity index (χ2n) is 4.91. The average molecular weight is 303 g/mol. The van der Waals surface area contributed by atoms with Crippen molar-refractivity contribution in [2.24, 2.45) is 5.92 Å². The minimum atomic E-state index is -0.344. The first kappa shape index (κ1) is 11.9. The number of hydrogen-bond acceptors (Lipinski definition) is 1. The maximum Gasteiger partial charge on any atom is 0.0824 e. The first-order chi connectivity index (χ1) is 8.75. The minimum Gasteiger partial charge on any atom is -0.388 e. The lowest BCUT2D eigenvalue weighted by Crippen LogP contribution is -2.01. The zero-order chi connectivity index (χ0) is 12.5. The van der Waals surface area contributed by atoms with Gasteiger partial charge in [-0.05, 0) is 41.5 Å². The number of halogens is 1. The third-order valence-electron chi connectivity index (χ3n) is 3.68. The lowest BCUT2D eigenvalue weighted by Gasteiger charge is -2.11. The predicted molar refractivity (Wildman–Crippen MR) is 76.4 cm³/mol. The van der Waals surface area contributed by atoms with Crippen LogP contribution in [0, 0.1) is 5.92 Å². The highest BCUT2D eigenvalue weighted by molar-refractivity contribution is 9.10. The van der Waals surface area contributed by atoms with Gasteiger partial charge in [0.1, 0.15) is 0 Å². The number of hydrogen-bond donors (Lipinski definition) is 1. The van der Waals surface area contributed by atoms with E-state index in [1.165, 1.54) is 5.56 Å². The monoisotopic (exact) mass is 302 g/mol. The van der Waals surface area contributed by atoms with Crippen molar-refractivity contribution >= 4 is 15.9 Å². The fourth-order valence-corrected chi connectivity index (χ4v) is 2.82. The van der Waals surface area contributed by atoms with Crippen molar-refractivity contribution in [2.75, 3.05) is 0 Å². The standard InChI is InChI=1S/C16H15BrO/c17-13-8-6-12(7-9-13)16(18)15-10-14(15)11-4-2-1-3-5-11/h1-9,14-16,18H,10H2. The van der Waals surface area contributed by atoms with E-state index in [2.05, 4.69) is 40.2 Å². The van der Waals surface area contributed by atoms with Gasteiger partial charge in [0.05, 0.1) is 6.10 Å². The summed E-state index contributed by atoms with van der Waals surface area (Å²) >= 11 is 3.41. The molecule has 1 N–H and O–H groups in total. The summed E-state index contributed by atoms with van der Waals surface area (Å²) in [7, 11) is 0. The van der Waals surface area contributed by atoms with Gasteiger partial charge in [0, 0.05) is 4.47 Å². The molecule has 0 aliphatic heterocycles. The van der Waals surface area contributed by atoms with E-state index in [-0.39, 0.29) is 6.10 Å². The van der Waals surface area contributed by atoms with E-state index in [0.29, 0.717) is 11.8 Å². The molecule has 3 unspecified atom stereocenters. The normalized spacial score (nSPS) is 23.7. The first-order valence-corrected chi connectivity index (χ1v) is 7.03. The minimum absolute atomic E-state index is 0.344. The molecule has 0 aromatic heterocycles. The second kappa shape index (κ2) is 4.87. The Kier molecular flexibility index (Phi) is 3.23. The van der Waals surface area contributed by atoms with Crippen LogP contribution in [0.1, 0.15) is 29.6 Å². The maximum absolute atomic E-state index is 10.4. The van der Waals surface area contributed by atoms with Crippen molar-refractivity contribution in [1.29, 1.82) is 0 Å². The summed E-state index contributed by atoms with van der Waals surface area (Å²) in [6.45, 7) is 0. The molecule has 2 heteroatoms. The Labute approximate surface area is 116 Å². The van der Waals surface area contributed by atoms with E-state index in [1.807, 2.05) is 30.3 Å². The lowest BCUT2D eigenvalue weighted by atomic mass is 10.0. The number of benzene rings is 2. The van der Waals surface area contributed by atoms with Crippen LogP contribution in [-0.4, -0.2) is 5.11 Å². The molecule has 1 aliphatic carbocycles. The summed E-state index contributed by atoms with van der Waals surface area (Å²) in [5.41, 5.74) is 2.36. The van der Waals surface area contributed by atoms with Crippen LogP contribution in [0.5, 0.6) is 0 Å². The van der Waals surface area contributed by atoms with Crippen LogP contribution in [0.2, 0.25) is 0 Å². The van der Waals surface area contributed by atoms with Crippen molar-refractivity contribution in [1.82, 2.24) is 0 Å². The molecule has 0 amide bonds. The van der Waals surface area contributed by atoms with Crippen LogP contribution in [-0.2, 0) is 0 Å². The van der Waals surface area contributed by atoms with Crippen LogP contribution >= 0.6 is 15.9 Å². The van der Waals surface area contributed by atoms with Gasteiger partial charge in [-0.2, -0.15) is 0 Å². The van der Waals surface area contributed by atoms with Crippen molar-refractivity contribution in [3.8, 4) is 0 Å². The summed E-state index contributed by atoms with van der Waals surface area (Å²) in [5.74, 6) is 0.887. The van der Waals surface area contributed by atoms with Crippen molar-refractivity contribution in [2.45, 2.75) is 18.4 Å². The first-order valence-electron chi connectivity index (χ1n) is 6.24. The molecule has 0 radical (unpaired) electrons. The zero-order valence-electron chi connectivity index (χ0n) is 9.96. The molecule has 3 rings (SSSR count). The Morgan fingerprint density at radius 1 is 1.00 bits per heavy atom. The van der Waals surface area contributed by atoms with Crippen molar-refractivity contribution in [3.63, 3.8) is 0 Å². The summed E-state index contributed by atoms with van der Waals surface area (Å²) in [6, 6.07) is 18.4. The molecule has 92 valence electrons. The number of aliphatic hydroxyl groups excluding tert-OH is 1. The van der Waals surface area contributed by atoms with Crippen LogP contribution in [0.15, 0.2) is 59.1 Å². The molecule has 0 bridgehead atoms. The van der Waals surface area contributed by atoms with Gasteiger partial charge in [0.25, 0.3) is 0 Å². The van der Waals surface area contributed by atoms with Gasteiger partial charge in [0.15, 0.2) is 0 Å². The van der Waals surface area contributed by atoms with E-state index in [0.717, 1.165) is 16.5 Å². The molecule has 1 nitrogen and oxygen atoms in total. The highest BCUT2D eigenvalue weighted by atomic mass is 79.9. The van der Waals surface area contributed by atoms with Gasteiger partial charge >= 0.3 is 0 Å². The molecule has 0 saturated heterocycles. The SMILES string of the molecule is OC(c1ccc(Br)cc1)C1CC1c1ccccc1. The van der Waals surface area contributed by atoms with E-state index in [9.17, 15) is 5.11 Å². The molecule has 0 heterocycles. The molecule has 3 atom stereocenters. The Balaban J connectivity index is 1.73. The van der Waals surface area contributed by atoms with E-state index in [1.54, 1.807) is 0 Å². The van der Waals surface area contributed by atoms with Crippen LogP contribution < -0.4 is 0 Å². The quantitative estimate of drug-likeness (QED) is 0.897. The summed E-state index contributed by atoms with van der Waals surface area (Å²) in [6.07, 6.45) is 0.740. The van der Waals surface area contributed by atoms with E-state index in [4.69, 9.17) is 0 Å². The molecular weight excluding hydrogens is 288 g/mol. The largest absolute Gasteiger partial charge is 0.388 e. The molecule has 1 aliphatic rings. The predicted octanol–water partition coefficient (Wildman–Crippen LogP) is 4.29. The van der Waals surface area contributed by atoms with Crippen LogP contribution in [0.25, 0.3) is 0 Å². The Hall–Kier alpha value is -1.12. The third-order valence-corrected chi connectivity index (χ3v) is 4.21. The van der Waals surface area contributed by atoms with Crippen molar-refractivity contribution in [3.05, 3.63) is 70.2 Å². The fourth-order valence-electron chi connectivity index (χ4n) is 2.55. The Morgan fingerprint density at radius 2 is 1.67 bits per heavy atom. The van der Waals surface area contributed by atoms with Crippen molar-refractivity contribution < 1.29 is 5.11 Å². The smallest absolute Gasteiger partial charge is 0.0824 e. The molecule has 1 fully saturated rings. The highest BCUT2D eigenvalue weighted by Crippen LogP contribution is 2.53. The average Bonchev–Trinajstić information content (AvgIpc) is 3.20. The van der Waals surface area contributed by atoms with Gasteiger partial charge in [0.2, 0.25) is 0 Å². The number of rotatable bonds is 3. The van der Waals surface area contributed by atoms with Gasteiger partial charge in [-0.25, -0.2) is 0 Å². The fraction of sp³-hybridized carbons (Fsp3) is 0.250.